The average Bonchev–Trinajstić information content (AvgIpc) is 3.10. The van der Waals surface area contributed by atoms with Gasteiger partial charge in [0, 0.05) is 25.6 Å². The van der Waals surface area contributed by atoms with Crippen molar-refractivity contribution in [2.45, 2.75) is 32.2 Å². The molecule has 1 fully saturated rings. The predicted octanol–water partition coefficient (Wildman–Crippen LogP) is 4.69. The van der Waals surface area contributed by atoms with E-state index in [1.165, 1.54) is 15.3 Å². The molecule has 1 saturated heterocycles. The maximum Gasteiger partial charge on any atom is 0.317 e. The van der Waals surface area contributed by atoms with Gasteiger partial charge >= 0.3 is 6.03 Å². The third-order valence-electron chi connectivity index (χ3n) is 4.97. The lowest BCUT2D eigenvalue weighted by atomic mass is 9.98. The fourth-order valence-corrected chi connectivity index (χ4v) is 4.64. The molecule has 134 valence electrons. The van der Waals surface area contributed by atoms with Crippen molar-refractivity contribution < 1.29 is 4.79 Å². The van der Waals surface area contributed by atoms with E-state index in [0.717, 1.165) is 37.0 Å². The van der Waals surface area contributed by atoms with Gasteiger partial charge in [0.2, 0.25) is 0 Å². The second kappa shape index (κ2) is 7.46. The van der Waals surface area contributed by atoms with E-state index in [0.29, 0.717) is 12.5 Å². The van der Waals surface area contributed by atoms with Gasteiger partial charge in [0.1, 0.15) is 0 Å². The average molecular weight is 366 g/mol. The van der Waals surface area contributed by atoms with Crippen LogP contribution in [0.2, 0.25) is 0 Å². The normalized spacial score (nSPS) is 15.3. The second-order valence-corrected chi connectivity index (χ2v) is 7.99. The van der Waals surface area contributed by atoms with Gasteiger partial charge in [0.15, 0.2) is 0 Å². The molecule has 3 aromatic rings. The minimum atomic E-state index is 0.0363. The van der Waals surface area contributed by atoms with Crippen LogP contribution in [0.5, 0.6) is 0 Å². The van der Waals surface area contributed by atoms with Gasteiger partial charge in [-0.15, -0.1) is 11.3 Å². The first-order valence-electron chi connectivity index (χ1n) is 9.13. The molecular formula is C21H23N3OS. The lowest BCUT2D eigenvalue weighted by Crippen LogP contribution is -2.43. The smallest absolute Gasteiger partial charge is 0.317 e. The Hall–Kier alpha value is -2.40. The number of fused-ring (bicyclic) bond motifs is 1. The maximum atomic E-state index is 12.4. The van der Waals surface area contributed by atoms with Gasteiger partial charge in [0.05, 0.1) is 15.2 Å². The number of aromatic nitrogens is 1. The molecule has 4 rings (SSSR count). The van der Waals surface area contributed by atoms with Crippen LogP contribution in [-0.4, -0.2) is 29.0 Å². The molecule has 0 atom stereocenters. The first kappa shape index (κ1) is 17.0. The molecule has 2 aromatic carbocycles. The fourth-order valence-electron chi connectivity index (χ4n) is 3.51. The third-order valence-corrected chi connectivity index (χ3v) is 6.17. The van der Waals surface area contributed by atoms with Crippen LogP contribution in [0.3, 0.4) is 0 Å². The summed E-state index contributed by atoms with van der Waals surface area (Å²) in [6.45, 7) is 4.23. The lowest BCUT2D eigenvalue weighted by molar-refractivity contribution is 0.181. The van der Waals surface area contributed by atoms with Crippen molar-refractivity contribution in [2.24, 2.45) is 0 Å². The van der Waals surface area contributed by atoms with Gasteiger partial charge in [-0.2, -0.15) is 0 Å². The number of benzene rings is 2. The van der Waals surface area contributed by atoms with Crippen molar-refractivity contribution in [1.29, 1.82) is 0 Å². The molecule has 0 spiro atoms. The maximum absolute atomic E-state index is 12.4. The van der Waals surface area contributed by atoms with Crippen LogP contribution in [0.4, 0.5) is 4.79 Å². The van der Waals surface area contributed by atoms with Crippen molar-refractivity contribution in [2.75, 3.05) is 13.1 Å². The summed E-state index contributed by atoms with van der Waals surface area (Å²) in [6, 6.07) is 16.6. The topological polar surface area (TPSA) is 45.2 Å². The summed E-state index contributed by atoms with van der Waals surface area (Å²) < 4.78 is 1.25. The Labute approximate surface area is 157 Å². The molecule has 5 heteroatoms. The molecule has 1 aliphatic rings. The first-order valence-corrected chi connectivity index (χ1v) is 9.94. The number of amides is 2. The zero-order valence-electron chi connectivity index (χ0n) is 14.9. The molecule has 1 aromatic heterocycles. The van der Waals surface area contributed by atoms with Gasteiger partial charge in [0.25, 0.3) is 0 Å². The van der Waals surface area contributed by atoms with E-state index in [9.17, 15) is 4.79 Å². The van der Waals surface area contributed by atoms with Crippen LogP contribution in [0.25, 0.3) is 10.2 Å². The van der Waals surface area contributed by atoms with Crippen LogP contribution in [0, 0.1) is 6.92 Å². The van der Waals surface area contributed by atoms with Crippen molar-refractivity contribution >= 4 is 27.6 Å². The van der Waals surface area contributed by atoms with Gasteiger partial charge in [-0.1, -0.05) is 42.0 Å². The van der Waals surface area contributed by atoms with Crippen molar-refractivity contribution in [3.05, 3.63) is 64.7 Å². The van der Waals surface area contributed by atoms with E-state index in [1.54, 1.807) is 11.3 Å². The number of likely N-dealkylation sites (tertiary alicyclic amines) is 1. The summed E-state index contributed by atoms with van der Waals surface area (Å²) >= 11 is 1.79. The highest BCUT2D eigenvalue weighted by molar-refractivity contribution is 7.18. The van der Waals surface area contributed by atoms with Crippen LogP contribution >= 0.6 is 11.3 Å². The Morgan fingerprint density at radius 2 is 2.00 bits per heavy atom. The number of nitrogens with one attached hydrogen (secondary N) is 1. The van der Waals surface area contributed by atoms with Gasteiger partial charge in [-0.25, -0.2) is 9.78 Å². The number of carbonyl (C=O) groups excluding carboxylic acids is 1. The van der Waals surface area contributed by atoms with Crippen molar-refractivity contribution in [3.8, 4) is 0 Å². The predicted molar refractivity (Wildman–Crippen MR) is 107 cm³/mol. The van der Waals surface area contributed by atoms with Crippen molar-refractivity contribution in [3.63, 3.8) is 0 Å². The standard InChI is InChI=1S/C21H23N3OS/c1-15-5-4-6-16(13-15)14-22-21(25)24-11-9-17(10-12-24)20-23-18-7-2-3-8-19(18)26-20/h2-8,13,17H,9-12,14H2,1H3,(H,22,25). The first-order chi connectivity index (χ1) is 12.7. The summed E-state index contributed by atoms with van der Waals surface area (Å²) in [5.74, 6) is 0.466. The number of aryl methyl sites for hydroxylation is 1. The molecule has 2 amide bonds. The number of carbonyl (C=O) groups is 1. The Bertz CT molecular complexity index is 879. The molecule has 0 radical (unpaired) electrons. The van der Waals surface area contributed by atoms with E-state index >= 15 is 0 Å². The minimum absolute atomic E-state index is 0.0363. The molecule has 0 aliphatic carbocycles. The largest absolute Gasteiger partial charge is 0.334 e. The van der Waals surface area contributed by atoms with E-state index < -0.39 is 0 Å². The summed E-state index contributed by atoms with van der Waals surface area (Å²) in [6.07, 6.45) is 1.97. The Morgan fingerprint density at radius 3 is 2.77 bits per heavy atom. The van der Waals surface area contributed by atoms with E-state index in [4.69, 9.17) is 4.98 Å². The Balaban J connectivity index is 1.32. The number of piperidine rings is 1. The van der Waals surface area contributed by atoms with Crippen molar-refractivity contribution in [1.82, 2.24) is 15.2 Å². The zero-order valence-corrected chi connectivity index (χ0v) is 15.8. The van der Waals surface area contributed by atoms with E-state index in [2.05, 4.69) is 42.6 Å². The van der Waals surface area contributed by atoms with Gasteiger partial charge in [-0.05, 0) is 37.5 Å². The molecule has 26 heavy (non-hydrogen) atoms. The molecule has 0 bridgehead atoms. The van der Waals surface area contributed by atoms with Gasteiger partial charge in [-0.3, -0.25) is 0 Å². The van der Waals surface area contributed by atoms with Crippen LogP contribution in [-0.2, 0) is 6.54 Å². The van der Waals surface area contributed by atoms with E-state index in [1.807, 2.05) is 23.1 Å². The SMILES string of the molecule is Cc1cccc(CNC(=O)N2CCC(c3nc4ccccc4s3)CC2)c1. The molecule has 1 N–H and O–H groups in total. The highest BCUT2D eigenvalue weighted by atomic mass is 32.1. The number of nitrogens with zero attached hydrogens (tertiary/aromatic N) is 2. The summed E-state index contributed by atoms with van der Waals surface area (Å²) in [4.78, 5) is 19.2. The lowest BCUT2D eigenvalue weighted by Gasteiger charge is -2.31. The van der Waals surface area contributed by atoms with Crippen LogP contribution in [0.1, 0.15) is 34.9 Å². The Kier molecular flexibility index (Phi) is 4.89. The van der Waals surface area contributed by atoms with Crippen LogP contribution < -0.4 is 5.32 Å². The molecular weight excluding hydrogens is 342 g/mol. The number of urea groups is 1. The quantitative estimate of drug-likeness (QED) is 0.731. The highest BCUT2D eigenvalue weighted by Gasteiger charge is 2.25. The number of rotatable bonds is 3. The molecule has 0 unspecified atom stereocenters. The fraction of sp³-hybridized carbons (Fsp3) is 0.333. The third kappa shape index (κ3) is 3.73. The number of hydrogen-bond acceptors (Lipinski definition) is 3. The van der Waals surface area contributed by atoms with Gasteiger partial charge < -0.3 is 10.2 Å². The summed E-state index contributed by atoms with van der Waals surface area (Å²) in [5, 5.41) is 4.26. The summed E-state index contributed by atoms with van der Waals surface area (Å²) in [5.41, 5.74) is 3.45. The monoisotopic (exact) mass is 365 g/mol. The number of para-hydroxylation sites is 1. The zero-order chi connectivity index (χ0) is 17.9. The number of thiazole rings is 1. The molecule has 2 heterocycles. The van der Waals surface area contributed by atoms with E-state index in [-0.39, 0.29) is 6.03 Å². The second-order valence-electron chi connectivity index (χ2n) is 6.93. The highest BCUT2D eigenvalue weighted by Crippen LogP contribution is 2.33. The minimum Gasteiger partial charge on any atom is -0.334 e. The Morgan fingerprint density at radius 1 is 1.19 bits per heavy atom. The number of hydrogen-bond donors (Lipinski definition) is 1. The van der Waals surface area contributed by atoms with Crippen LogP contribution in [0.15, 0.2) is 48.5 Å². The molecule has 4 nitrogen and oxygen atoms in total. The molecule has 1 aliphatic heterocycles. The molecule has 0 saturated carbocycles. The summed E-state index contributed by atoms with van der Waals surface area (Å²) in [7, 11) is 0.